The van der Waals surface area contributed by atoms with Crippen LogP contribution in [0.3, 0.4) is 0 Å². The molecule has 1 aromatic carbocycles. The van der Waals surface area contributed by atoms with Crippen LogP contribution in [-0.2, 0) is 9.53 Å². The van der Waals surface area contributed by atoms with E-state index in [4.69, 9.17) is 0 Å². The Bertz CT molecular complexity index is 469. The van der Waals surface area contributed by atoms with Crippen LogP contribution in [0, 0.1) is 10.1 Å². The Morgan fingerprint density at radius 3 is 2.33 bits per heavy atom. The second-order valence-corrected chi connectivity index (χ2v) is 3.52. The van der Waals surface area contributed by atoms with Gasteiger partial charge >= 0.3 is 5.97 Å². The van der Waals surface area contributed by atoms with Crippen LogP contribution in [0.15, 0.2) is 24.3 Å². The normalized spacial score (nSPS) is 11.4. The Morgan fingerprint density at radius 2 is 1.89 bits per heavy atom. The highest BCUT2D eigenvalue weighted by Crippen LogP contribution is 2.11. The lowest BCUT2D eigenvalue weighted by Crippen LogP contribution is -2.39. The molecule has 0 aliphatic rings. The van der Waals surface area contributed by atoms with E-state index in [9.17, 15) is 19.7 Å². The molecule has 0 saturated carbocycles. The number of non-ortho nitro benzene ring substituents is 1. The monoisotopic (exact) mass is 252 g/mol. The van der Waals surface area contributed by atoms with Gasteiger partial charge in [-0.15, -0.1) is 0 Å². The van der Waals surface area contributed by atoms with Crippen molar-refractivity contribution in [2.45, 2.75) is 13.0 Å². The summed E-state index contributed by atoms with van der Waals surface area (Å²) in [6.07, 6.45) is 0. The van der Waals surface area contributed by atoms with Crippen molar-refractivity contribution in [1.82, 2.24) is 5.32 Å². The van der Waals surface area contributed by atoms with E-state index in [2.05, 4.69) is 10.1 Å². The van der Waals surface area contributed by atoms with Gasteiger partial charge < -0.3 is 10.1 Å². The van der Waals surface area contributed by atoms with Gasteiger partial charge in [-0.2, -0.15) is 0 Å². The Balaban J connectivity index is 2.73. The van der Waals surface area contributed by atoms with Gasteiger partial charge in [-0.3, -0.25) is 14.9 Å². The molecule has 1 atom stereocenters. The third kappa shape index (κ3) is 3.27. The van der Waals surface area contributed by atoms with E-state index in [1.807, 2.05) is 0 Å². The van der Waals surface area contributed by atoms with Gasteiger partial charge in [-0.1, -0.05) is 0 Å². The number of nitro groups is 1. The lowest BCUT2D eigenvalue weighted by Gasteiger charge is -2.11. The van der Waals surface area contributed by atoms with Crippen LogP contribution in [0.25, 0.3) is 0 Å². The zero-order valence-electron chi connectivity index (χ0n) is 9.88. The minimum absolute atomic E-state index is 0.104. The first kappa shape index (κ1) is 13.6. The standard InChI is InChI=1S/C11H12N2O5/c1-7(11(15)18-2)12-10(14)8-3-5-9(6-4-8)13(16)17/h3-7H,1-2H3,(H,12,14)/t7-/m1/s1. The van der Waals surface area contributed by atoms with Crippen molar-refractivity contribution in [2.24, 2.45) is 0 Å². The van der Waals surface area contributed by atoms with Gasteiger partial charge in [0.25, 0.3) is 11.6 Å². The second kappa shape index (κ2) is 5.76. The van der Waals surface area contributed by atoms with Crippen molar-refractivity contribution < 1.29 is 19.2 Å². The van der Waals surface area contributed by atoms with Gasteiger partial charge in [0.2, 0.25) is 0 Å². The summed E-state index contributed by atoms with van der Waals surface area (Å²) in [4.78, 5) is 32.6. The lowest BCUT2D eigenvalue weighted by atomic mass is 10.2. The second-order valence-electron chi connectivity index (χ2n) is 3.52. The third-order valence-electron chi connectivity index (χ3n) is 2.24. The predicted octanol–water partition coefficient (Wildman–Crippen LogP) is 0.886. The van der Waals surface area contributed by atoms with Crippen LogP contribution in [0.1, 0.15) is 17.3 Å². The number of carbonyl (C=O) groups excluding carboxylic acids is 2. The van der Waals surface area contributed by atoms with Crippen LogP contribution < -0.4 is 5.32 Å². The molecule has 0 fully saturated rings. The molecule has 0 heterocycles. The Morgan fingerprint density at radius 1 is 1.33 bits per heavy atom. The van der Waals surface area contributed by atoms with E-state index >= 15 is 0 Å². The lowest BCUT2D eigenvalue weighted by molar-refractivity contribution is -0.384. The van der Waals surface area contributed by atoms with Crippen molar-refractivity contribution in [3.05, 3.63) is 39.9 Å². The topological polar surface area (TPSA) is 98.5 Å². The predicted molar refractivity (Wildman–Crippen MR) is 62.0 cm³/mol. The molecule has 0 unspecified atom stereocenters. The molecule has 0 bridgehead atoms. The van der Waals surface area contributed by atoms with Crippen LogP contribution >= 0.6 is 0 Å². The Hall–Kier alpha value is -2.44. The smallest absolute Gasteiger partial charge is 0.328 e. The number of methoxy groups -OCH3 is 1. The summed E-state index contributed by atoms with van der Waals surface area (Å²) < 4.78 is 4.46. The number of esters is 1. The number of hydrogen-bond donors (Lipinski definition) is 1. The summed E-state index contributed by atoms with van der Waals surface area (Å²) in [5.74, 6) is -1.06. The average Bonchev–Trinajstić information content (AvgIpc) is 2.37. The molecule has 1 aromatic rings. The molecule has 1 rings (SSSR count). The first-order chi connectivity index (χ1) is 8.45. The molecule has 0 aliphatic heterocycles. The van der Waals surface area contributed by atoms with E-state index in [0.29, 0.717) is 0 Å². The van der Waals surface area contributed by atoms with E-state index in [1.165, 1.54) is 38.3 Å². The molecule has 0 aliphatic carbocycles. The number of nitrogens with zero attached hydrogens (tertiary/aromatic N) is 1. The van der Waals surface area contributed by atoms with Gasteiger partial charge in [-0.25, -0.2) is 4.79 Å². The fraction of sp³-hybridized carbons (Fsp3) is 0.273. The number of benzene rings is 1. The van der Waals surface area contributed by atoms with Crippen LogP contribution in [-0.4, -0.2) is 30.0 Å². The molecule has 0 spiro atoms. The van der Waals surface area contributed by atoms with Gasteiger partial charge in [0.1, 0.15) is 6.04 Å². The molecule has 0 radical (unpaired) electrons. The van der Waals surface area contributed by atoms with Crippen molar-refractivity contribution >= 4 is 17.6 Å². The number of amides is 1. The molecule has 18 heavy (non-hydrogen) atoms. The van der Waals surface area contributed by atoms with Crippen LogP contribution in [0.2, 0.25) is 0 Å². The highest BCUT2D eigenvalue weighted by molar-refractivity contribution is 5.96. The number of ether oxygens (including phenoxy) is 1. The first-order valence-corrected chi connectivity index (χ1v) is 5.09. The molecule has 1 amide bonds. The fourth-order valence-corrected chi connectivity index (χ4v) is 1.25. The summed E-state index contributed by atoms with van der Waals surface area (Å²) in [6.45, 7) is 1.48. The average molecular weight is 252 g/mol. The Kier molecular flexibility index (Phi) is 4.36. The van der Waals surface area contributed by atoms with Crippen molar-refractivity contribution in [3.63, 3.8) is 0 Å². The zero-order chi connectivity index (χ0) is 13.7. The maximum atomic E-state index is 11.7. The molecule has 96 valence electrons. The summed E-state index contributed by atoms with van der Waals surface area (Å²) in [5, 5.41) is 12.8. The summed E-state index contributed by atoms with van der Waals surface area (Å²) >= 11 is 0. The minimum atomic E-state index is -0.780. The number of nitro benzene ring substituents is 1. The zero-order valence-corrected chi connectivity index (χ0v) is 9.88. The summed E-state index contributed by atoms with van der Waals surface area (Å²) in [7, 11) is 1.22. The molecule has 0 saturated heterocycles. The number of hydrogen-bond acceptors (Lipinski definition) is 5. The van der Waals surface area contributed by atoms with Crippen molar-refractivity contribution in [3.8, 4) is 0 Å². The minimum Gasteiger partial charge on any atom is -0.467 e. The summed E-state index contributed by atoms with van der Waals surface area (Å²) in [6, 6.07) is 4.29. The largest absolute Gasteiger partial charge is 0.467 e. The van der Waals surface area contributed by atoms with Crippen molar-refractivity contribution in [2.75, 3.05) is 7.11 Å². The molecule has 1 N–H and O–H groups in total. The van der Waals surface area contributed by atoms with Crippen LogP contribution in [0.5, 0.6) is 0 Å². The van der Waals surface area contributed by atoms with Crippen molar-refractivity contribution in [1.29, 1.82) is 0 Å². The van der Waals surface area contributed by atoms with Gasteiger partial charge in [0, 0.05) is 17.7 Å². The maximum absolute atomic E-state index is 11.7. The number of carbonyl (C=O) groups is 2. The van der Waals surface area contributed by atoms with E-state index < -0.39 is 22.8 Å². The van der Waals surface area contributed by atoms with E-state index in [-0.39, 0.29) is 11.3 Å². The van der Waals surface area contributed by atoms with E-state index in [1.54, 1.807) is 0 Å². The number of nitrogens with one attached hydrogen (secondary N) is 1. The first-order valence-electron chi connectivity index (χ1n) is 5.09. The van der Waals surface area contributed by atoms with Crippen LogP contribution in [0.4, 0.5) is 5.69 Å². The Labute approximate surface area is 103 Å². The van der Waals surface area contributed by atoms with Gasteiger partial charge in [-0.05, 0) is 19.1 Å². The number of rotatable bonds is 4. The third-order valence-corrected chi connectivity index (χ3v) is 2.24. The maximum Gasteiger partial charge on any atom is 0.328 e. The fourth-order valence-electron chi connectivity index (χ4n) is 1.25. The highest BCUT2D eigenvalue weighted by Gasteiger charge is 2.17. The quantitative estimate of drug-likeness (QED) is 0.487. The molecular weight excluding hydrogens is 240 g/mol. The summed E-state index contributed by atoms with van der Waals surface area (Å²) in [5.41, 5.74) is 0.129. The van der Waals surface area contributed by atoms with Gasteiger partial charge in [0.05, 0.1) is 12.0 Å². The van der Waals surface area contributed by atoms with E-state index in [0.717, 1.165) is 0 Å². The molecule has 7 heteroatoms. The van der Waals surface area contributed by atoms with Gasteiger partial charge in [0.15, 0.2) is 0 Å². The SMILES string of the molecule is COC(=O)[C@@H](C)NC(=O)c1ccc([N+](=O)[O-])cc1. The molecule has 7 nitrogen and oxygen atoms in total. The highest BCUT2D eigenvalue weighted by atomic mass is 16.6. The molecule has 0 aromatic heterocycles. The molecular formula is C11H12N2O5.